The number of alkyl halides is 3. The van der Waals surface area contributed by atoms with Gasteiger partial charge in [-0.2, -0.15) is 18.3 Å². The fourth-order valence-corrected chi connectivity index (χ4v) is 1.78. The molecule has 2 rings (SSSR count). The molecule has 7 nitrogen and oxygen atoms in total. The lowest BCUT2D eigenvalue weighted by molar-refractivity contribution is -0.384. The van der Waals surface area contributed by atoms with Crippen molar-refractivity contribution >= 4 is 11.6 Å². The predicted molar refractivity (Wildman–Crippen MR) is 73.4 cm³/mol. The number of benzene rings is 1. The van der Waals surface area contributed by atoms with Gasteiger partial charge in [0, 0.05) is 23.9 Å². The van der Waals surface area contributed by atoms with E-state index in [-0.39, 0.29) is 12.2 Å². The molecule has 0 aliphatic rings. The van der Waals surface area contributed by atoms with E-state index in [1.807, 2.05) is 0 Å². The van der Waals surface area contributed by atoms with E-state index in [2.05, 4.69) is 5.10 Å². The van der Waals surface area contributed by atoms with Crippen molar-refractivity contribution in [2.45, 2.75) is 12.7 Å². The Morgan fingerprint density at radius 2 is 1.91 bits per heavy atom. The molecule has 0 saturated carbocycles. The zero-order valence-corrected chi connectivity index (χ0v) is 11.6. The SMILES string of the molecule is O=C(Cn1cc(-c2ccc([N+](=O)[O-])cc2)cn1)NCC(F)(F)F. The number of aromatic nitrogens is 2. The monoisotopic (exact) mass is 328 g/mol. The number of nitro groups is 1. The second-order valence-corrected chi connectivity index (χ2v) is 4.62. The number of nitrogens with zero attached hydrogens (tertiary/aromatic N) is 3. The van der Waals surface area contributed by atoms with Gasteiger partial charge in [-0.25, -0.2) is 0 Å². The van der Waals surface area contributed by atoms with Gasteiger partial charge in [0.1, 0.15) is 13.1 Å². The molecule has 10 heteroatoms. The molecule has 0 atom stereocenters. The van der Waals surface area contributed by atoms with Crippen LogP contribution in [0.5, 0.6) is 0 Å². The zero-order valence-electron chi connectivity index (χ0n) is 11.6. The Bertz CT molecular complexity index is 710. The molecule has 0 saturated heterocycles. The first-order chi connectivity index (χ1) is 10.7. The highest BCUT2D eigenvalue weighted by molar-refractivity contribution is 5.75. The Hall–Kier alpha value is -2.91. The van der Waals surface area contributed by atoms with Gasteiger partial charge in [0.15, 0.2) is 0 Å². The van der Waals surface area contributed by atoms with Crippen LogP contribution in [-0.2, 0) is 11.3 Å². The van der Waals surface area contributed by atoms with Crippen molar-refractivity contribution in [3.8, 4) is 11.1 Å². The van der Waals surface area contributed by atoms with Gasteiger partial charge >= 0.3 is 6.18 Å². The van der Waals surface area contributed by atoms with Gasteiger partial charge < -0.3 is 5.32 Å². The molecular formula is C13H11F3N4O3. The number of halogens is 3. The summed E-state index contributed by atoms with van der Waals surface area (Å²) in [5, 5.41) is 16.2. The average molecular weight is 328 g/mol. The first kappa shape index (κ1) is 16.5. The molecular weight excluding hydrogens is 317 g/mol. The Balaban J connectivity index is 2.00. The van der Waals surface area contributed by atoms with Gasteiger partial charge in [0.05, 0.1) is 11.1 Å². The van der Waals surface area contributed by atoms with Crippen LogP contribution in [0.4, 0.5) is 18.9 Å². The normalized spacial score (nSPS) is 11.3. The highest BCUT2D eigenvalue weighted by atomic mass is 19.4. The summed E-state index contributed by atoms with van der Waals surface area (Å²) in [6, 6.07) is 5.68. The van der Waals surface area contributed by atoms with Crippen molar-refractivity contribution in [1.82, 2.24) is 15.1 Å². The van der Waals surface area contributed by atoms with Crippen LogP contribution in [0.25, 0.3) is 11.1 Å². The second-order valence-electron chi connectivity index (χ2n) is 4.62. The fourth-order valence-electron chi connectivity index (χ4n) is 1.78. The highest BCUT2D eigenvalue weighted by Gasteiger charge is 2.27. The highest BCUT2D eigenvalue weighted by Crippen LogP contribution is 2.21. The van der Waals surface area contributed by atoms with Gasteiger partial charge in [-0.15, -0.1) is 0 Å². The maximum Gasteiger partial charge on any atom is 0.405 e. The smallest absolute Gasteiger partial charge is 0.345 e. The second kappa shape index (κ2) is 6.46. The molecule has 23 heavy (non-hydrogen) atoms. The van der Waals surface area contributed by atoms with Gasteiger partial charge in [-0.1, -0.05) is 0 Å². The summed E-state index contributed by atoms with van der Waals surface area (Å²) in [6.07, 6.45) is -1.59. The van der Waals surface area contributed by atoms with E-state index in [0.29, 0.717) is 11.1 Å². The van der Waals surface area contributed by atoms with Crippen LogP contribution in [0.1, 0.15) is 0 Å². The van der Waals surface area contributed by atoms with E-state index in [1.54, 1.807) is 5.32 Å². The summed E-state index contributed by atoms with van der Waals surface area (Å²) < 4.78 is 37.1. The summed E-state index contributed by atoms with van der Waals surface area (Å²) in [5.74, 6) is -0.819. The molecule has 0 fully saturated rings. The summed E-state index contributed by atoms with van der Waals surface area (Å²) in [4.78, 5) is 21.4. The molecule has 0 aliphatic carbocycles. The fraction of sp³-hybridized carbons (Fsp3) is 0.231. The van der Waals surface area contributed by atoms with Crippen LogP contribution >= 0.6 is 0 Å². The molecule has 1 N–H and O–H groups in total. The molecule has 1 amide bonds. The van der Waals surface area contributed by atoms with Crippen LogP contribution in [-0.4, -0.2) is 33.3 Å². The standard InChI is InChI=1S/C13H11F3N4O3/c14-13(15,16)8-17-12(21)7-19-6-10(5-18-19)9-1-3-11(4-2-9)20(22)23/h1-6H,7-8H2,(H,17,21). The lowest BCUT2D eigenvalue weighted by Gasteiger charge is -2.08. The van der Waals surface area contributed by atoms with Crippen molar-refractivity contribution < 1.29 is 22.9 Å². The summed E-state index contributed by atoms with van der Waals surface area (Å²) >= 11 is 0. The number of rotatable bonds is 5. The van der Waals surface area contributed by atoms with E-state index in [0.717, 1.165) is 0 Å². The molecule has 0 aliphatic heterocycles. The quantitative estimate of drug-likeness (QED) is 0.672. The number of hydrogen-bond acceptors (Lipinski definition) is 4. The van der Waals surface area contributed by atoms with Crippen LogP contribution < -0.4 is 5.32 Å². The molecule has 2 aromatic rings. The van der Waals surface area contributed by atoms with Crippen LogP contribution in [0.3, 0.4) is 0 Å². The Labute approximate surface area is 127 Å². The van der Waals surface area contributed by atoms with Gasteiger partial charge in [-0.05, 0) is 17.7 Å². The lowest BCUT2D eigenvalue weighted by atomic mass is 10.1. The number of amides is 1. The predicted octanol–water partition coefficient (Wildman–Crippen LogP) is 2.14. The Morgan fingerprint density at radius 3 is 2.48 bits per heavy atom. The number of carbonyl (C=O) groups excluding carboxylic acids is 1. The summed E-state index contributed by atoms with van der Waals surface area (Å²) in [5.41, 5.74) is 1.16. The first-order valence-corrected chi connectivity index (χ1v) is 6.35. The minimum absolute atomic E-state index is 0.0623. The maximum absolute atomic E-state index is 12.0. The third-order valence-electron chi connectivity index (χ3n) is 2.84. The van der Waals surface area contributed by atoms with Crippen molar-refractivity contribution in [2.75, 3.05) is 6.54 Å². The molecule has 1 heterocycles. The minimum Gasteiger partial charge on any atom is -0.345 e. The summed E-state index contributed by atoms with van der Waals surface area (Å²) in [6.45, 7) is -1.76. The van der Waals surface area contributed by atoms with Crippen molar-refractivity contribution in [2.24, 2.45) is 0 Å². The van der Waals surface area contributed by atoms with Crippen molar-refractivity contribution in [3.63, 3.8) is 0 Å². The van der Waals surface area contributed by atoms with Crippen molar-refractivity contribution in [1.29, 1.82) is 0 Å². The van der Waals surface area contributed by atoms with E-state index in [4.69, 9.17) is 0 Å². The third-order valence-corrected chi connectivity index (χ3v) is 2.84. The van der Waals surface area contributed by atoms with Crippen molar-refractivity contribution in [3.05, 3.63) is 46.8 Å². The van der Waals surface area contributed by atoms with Crippen LogP contribution in [0.2, 0.25) is 0 Å². The molecule has 0 bridgehead atoms. The Morgan fingerprint density at radius 1 is 1.26 bits per heavy atom. The number of nitro benzene ring substituents is 1. The molecule has 0 radical (unpaired) electrons. The molecule has 0 unspecified atom stereocenters. The number of nitrogens with one attached hydrogen (secondary N) is 1. The zero-order chi connectivity index (χ0) is 17.0. The largest absolute Gasteiger partial charge is 0.405 e. The number of non-ortho nitro benzene ring substituents is 1. The topological polar surface area (TPSA) is 90.1 Å². The lowest BCUT2D eigenvalue weighted by Crippen LogP contribution is -2.35. The molecule has 1 aromatic carbocycles. The van der Waals surface area contributed by atoms with Gasteiger partial charge in [0.2, 0.25) is 5.91 Å². The summed E-state index contributed by atoms with van der Waals surface area (Å²) in [7, 11) is 0. The van der Waals surface area contributed by atoms with Crippen LogP contribution in [0.15, 0.2) is 36.7 Å². The third kappa shape index (κ3) is 4.80. The van der Waals surface area contributed by atoms with Gasteiger partial charge in [-0.3, -0.25) is 19.6 Å². The molecule has 122 valence electrons. The van der Waals surface area contributed by atoms with Crippen LogP contribution in [0, 0.1) is 10.1 Å². The average Bonchev–Trinajstić information content (AvgIpc) is 2.93. The van der Waals surface area contributed by atoms with E-state index >= 15 is 0 Å². The minimum atomic E-state index is -4.47. The number of carbonyl (C=O) groups is 1. The Kier molecular flexibility index (Phi) is 4.63. The van der Waals surface area contributed by atoms with E-state index < -0.39 is 23.6 Å². The molecule has 1 aromatic heterocycles. The van der Waals surface area contributed by atoms with Gasteiger partial charge in [0.25, 0.3) is 5.69 Å². The van der Waals surface area contributed by atoms with E-state index in [1.165, 1.54) is 41.3 Å². The first-order valence-electron chi connectivity index (χ1n) is 6.35. The maximum atomic E-state index is 12.0. The number of hydrogen-bond donors (Lipinski definition) is 1. The molecule has 0 spiro atoms. The van der Waals surface area contributed by atoms with E-state index in [9.17, 15) is 28.1 Å².